The molecule has 1 spiro atoms. The number of fused-ring (bicyclic) bond motifs is 1. The van der Waals surface area contributed by atoms with E-state index in [1.165, 1.54) is 7.11 Å². The third-order valence-corrected chi connectivity index (χ3v) is 5.40. The van der Waals surface area contributed by atoms with Crippen molar-refractivity contribution in [1.29, 1.82) is 5.26 Å². The van der Waals surface area contributed by atoms with Crippen molar-refractivity contribution in [2.75, 3.05) is 18.6 Å². The van der Waals surface area contributed by atoms with Crippen LogP contribution in [0.4, 0.5) is 5.69 Å². The lowest BCUT2D eigenvalue weighted by Crippen LogP contribution is -2.45. The van der Waals surface area contributed by atoms with Crippen LogP contribution in [0.2, 0.25) is 0 Å². The third kappa shape index (κ3) is 2.72. The molecular formula is C19H15IN2O3. The number of ether oxygens (including phenoxy) is 2. The second-order valence-electron chi connectivity index (χ2n) is 6.29. The Labute approximate surface area is 159 Å². The first-order valence-corrected chi connectivity index (χ1v) is 9.02. The average molecular weight is 446 g/mol. The van der Waals surface area contributed by atoms with Gasteiger partial charge in [-0.15, -0.1) is 0 Å². The van der Waals surface area contributed by atoms with Crippen LogP contribution in [0.15, 0.2) is 36.4 Å². The SMILES string of the molecule is COc1c(I)cc(C(=O)N2CC3(CC3)Oc3ccccc32)cc1C#N. The van der Waals surface area contributed by atoms with Gasteiger partial charge in [0.25, 0.3) is 5.91 Å². The number of amides is 1. The first-order valence-electron chi connectivity index (χ1n) is 7.94. The monoisotopic (exact) mass is 446 g/mol. The van der Waals surface area contributed by atoms with Crippen LogP contribution in [0.25, 0.3) is 0 Å². The van der Waals surface area contributed by atoms with Crippen molar-refractivity contribution >= 4 is 34.2 Å². The summed E-state index contributed by atoms with van der Waals surface area (Å²) in [6.45, 7) is 0.535. The molecule has 1 amide bonds. The van der Waals surface area contributed by atoms with Crippen LogP contribution in [0.5, 0.6) is 11.5 Å². The van der Waals surface area contributed by atoms with E-state index in [0.717, 1.165) is 27.8 Å². The van der Waals surface area contributed by atoms with Crippen LogP contribution in [0.1, 0.15) is 28.8 Å². The zero-order chi connectivity index (χ0) is 17.6. The van der Waals surface area contributed by atoms with E-state index in [1.54, 1.807) is 17.0 Å². The summed E-state index contributed by atoms with van der Waals surface area (Å²) < 4.78 is 12.1. The van der Waals surface area contributed by atoms with E-state index in [4.69, 9.17) is 9.47 Å². The standard InChI is InChI=1S/C19H15IN2O3/c1-24-17-13(10-21)8-12(9-14(17)20)18(23)22-11-19(6-7-19)25-16-5-3-2-4-15(16)22/h2-5,8-9H,6-7,11H2,1H3. The van der Waals surface area contributed by atoms with E-state index in [0.29, 0.717) is 23.4 Å². The van der Waals surface area contributed by atoms with Crippen LogP contribution in [0.3, 0.4) is 0 Å². The highest BCUT2D eigenvalue weighted by atomic mass is 127. The van der Waals surface area contributed by atoms with Gasteiger partial charge in [-0.2, -0.15) is 5.26 Å². The lowest BCUT2D eigenvalue weighted by Gasteiger charge is -2.35. The number of benzene rings is 2. The number of carbonyl (C=O) groups excluding carboxylic acids is 1. The number of nitrogens with zero attached hydrogens (tertiary/aromatic N) is 2. The molecule has 4 rings (SSSR count). The van der Waals surface area contributed by atoms with E-state index >= 15 is 0 Å². The Morgan fingerprint density at radius 2 is 2.12 bits per heavy atom. The largest absolute Gasteiger partial charge is 0.494 e. The molecule has 1 aliphatic carbocycles. The van der Waals surface area contributed by atoms with Crippen molar-refractivity contribution in [2.24, 2.45) is 0 Å². The van der Waals surface area contributed by atoms with Crippen molar-refractivity contribution in [3.05, 3.63) is 51.1 Å². The summed E-state index contributed by atoms with van der Waals surface area (Å²) in [5.41, 5.74) is 1.37. The Kier molecular flexibility index (Phi) is 3.84. The van der Waals surface area contributed by atoms with Crippen molar-refractivity contribution in [2.45, 2.75) is 18.4 Å². The molecule has 1 fully saturated rings. The van der Waals surface area contributed by atoms with Gasteiger partial charge in [-0.25, -0.2) is 0 Å². The first kappa shape index (κ1) is 16.2. The fourth-order valence-electron chi connectivity index (χ4n) is 3.15. The van der Waals surface area contributed by atoms with Gasteiger partial charge in [-0.3, -0.25) is 4.79 Å². The second-order valence-corrected chi connectivity index (χ2v) is 7.46. The molecule has 0 atom stereocenters. The minimum absolute atomic E-state index is 0.126. The summed E-state index contributed by atoms with van der Waals surface area (Å²) in [6, 6.07) is 13.1. The van der Waals surface area contributed by atoms with Crippen molar-refractivity contribution < 1.29 is 14.3 Å². The van der Waals surface area contributed by atoms with Crippen LogP contribution >= 0.6 is 22.6 Å². The summed E-state index contributed by atoms with van der Waals surface area (Å²) in [4.78, 5) is 15.0. The molecule has 126 valence electrons. The van der Waals surface area contributed by atoms with Gasteiger partial charge in [-0.05, 0) is 59.7 Å². The molecule has 1 saturated carbocycles. The van der Waals surface area contributed by atoms with Gasteiger partial charge in [0.15, 0.2) is 0 Å². The molecule has 0 bridgehead atoms. The van der Waals surface area contributed by atoms with E-state index in [2.05, 4.69) is 28.7 Å². The van der Waals surface area contributed by atoms with E-state index in [-0.39, 0.29) is 11.5 Å². The highest BCUT2D eigenvalue weighted by molar-refractivity contribution is 14.1. The fraction of sp³-hybridized carbons (Fsp3) is 0.263. The van der Waals surface area contributed by atoms with Crippen LogP contribution < -0.4 is 14.4 Å². The smallest absolute Gasteiger partial charge is 0.258 e. The Balaban J connectivity index is 1.77. The van der Waals surface area contributed by atoms with Crippen LogP contribution in [-0.2, 0) is 0 Å². The molecule has 5 nitrogen and oxygen atoms in total. The van der Waals surface area contributed by atoms with Gasteiger partial charge in [0.2, 0.25) is 0 Å². The predicted molar refractivity (Wildman–Crippen MR) is 101 cm³/mol. The zero-order valence-electron chi connectivity index (χ0n) is 13.6. The number of nitriles is 1. The highest BCUT2D eigenvalue weighted by Crippen LogP contribution is 2.48. The maximum Gasteiger partial charge on any atom is 0.258 e. The molecule has 0 aromatic heterocycles. The number of para-hydroxylation sites is 2. The molecule has 0 N–H and O–H groups in total. The first-order chi connectivity index (χ1) is 12.1. The summed E-state index contributed by atoms with van der Waals surface area (Å²) in [7, 11) is 1.52. The summed E-state index contributed by atoms with van der Waals surface area (Å²) >= 11 is 2.09. The number of anilines is 1. The van der Waals surface area contributed by atoms with Crippen LogP contribution in [0, 0.1) is 14.9 Å². The van der Waals surface area contributed by atoms with Gasteiger partial charge in [0, 0.05) is 5.56 Å². The number of hydrogen-bond acceptors (Lipinski definition) is 4. The summed E-state index contributed by atoms with van der Waals surface area (Å²) in [5.74, 6) is 1.11. The molecule has 25 heavy (non-hydrogen) atoms. The van der Waals surface area contributed by atoms with Crippen molar-refractivity contribution in [3.63, 3.8) is 0 Å². The summed E-state index contributed by atoms with van der Waals surface area (Å²) in [5, 5.41) is 9.36. The molecule has 2 aliphatic rings. The Bertz CT molecular complexity index is 915. The second kappa shape index (κ2) is 5.92. The fourth-order valence-corrected chi connectivity index (χ4v) is 4.00. The van der Waals surface area contributed by atoms with E-state index < -0.39 is 0 Å². The van der Waals surface area contributed by atoms with Crippen molar-refractivity contribution in [1.82, 2.24) is 0 Å². The number of halogens is 1. The van der Waals surface area contributed by atoms with E-state index in [9.17, 15) is 10.1 Å². The number of rotatable bonds is 2. The molecule has 2 aromatic carbocycles. The minimum Gasteiger partial charge on any atom is -0.494 e. The van der Waals surface area contributed by atoms with Gasteiger partial charge in [0.1, 0.15) is 23.2 Å². The molecule has 0 unspecified atom stereocenters. The Morgan fingerprint density at radius 3 is 2.80 bits per heavy atom. The van der Waals surface area contributed by atoms with Gasteiger partial charge in [0.05, 0.1) is 28.5 Å². The van der Waals surface area contributed by atoms with E-state index in [1.807, 2.05) is 24.3 Å². The number of carbonyl (C=O) groups is 1. The molecule has 0 radical (unpaired) electrons. The maximum absolute atomic E-state index is 13.2. The molecule has 6 heteroatoms. The lowest BCUT2D eigenvalue weighted by molar-refractivity contribution is 0.0943. The molecule has 1 aliphatic heterocycles. The van der Waals surface area contributed by atoms with Gasteiger partial charge >= 0.3 is 0 Å². The predicted octanol–water partition coefficient (Wildman–Crippen LogP) is 3.74. The third-order valence-electron chi connectivity index (χ3n) is 4.60. The molecule has 2 aromatic rings. The summed E-state index contributed by atoms with van der Waals surface area (Å²) in [6.07, 6.45) is 1.91. The normalized spacial score (nSPS) is 16.6. The topological polar surface area (TPSA) is 62.6 Å². The molecule has 0 saturated heterocycles. The van der Waals surface area contributed by atoms with Gasteiger partial charge in [-0.1, -0.05) is 12.1 Å². The lowest BCUT2D eigenvalue weighted by atomic mass is 10.1. The quantitative estimate of drug-likeness (QED) is 0.660. The molecule has 1 heterocycles. The minimum atomic E-state index is -0.248. The Morgan fingerprint density at radius 1 is 1.36 bits per heavy atom. The maximum atomic E-state index is 13.2. The van der Waals surface area contributed by atoms with Crippen molar-refractivity contribution in [3.8, 4) is 17.6 Å². The van der Waals surface area contributed by atoms with Gasteiger partial charge < -0.3 is 14.4 Å². The van der Waals surface area contributed by atoms with Crippen LogP contribution in [-0.4, -0.2) is 25.2 Å². The number of hydrogen-bond donors (Lipinski definition) is 0. The average Bonchev–Trinajstić information content (AvgIpc) is 3.38. The Hall–Kier alpha value is -2.27. The highest BCUT2D eigenvalue weighted by Gasteiger charge is 2.51. The molecular weight excluding hydrogens is 431 g/mol. The number of methoxy groups -OCH3 is 1. The zero-order valence-corrected chi connectivity index (χ0v) is 15.7.